The van der Waals surface area contributed by atoms with Crippen LogP contribution in [0.3, 0.4) is 0 Å². The number of nitrogens with zero attached hydrogens (tertiary/aromatic N) is 2. The summed E-state index contributed by atoms with van der Waals surface area (Å²) < 4.78 is 1.91. The summed E-state index contributed by atoms with van der Waals surface area (Å²) in [7, 11) is 0. The van der Waals surface area contributed by atoms with Crippen LogP contribution < -0.4 is 10.6 Å². The molecule has 2 N–H and O–H groups in total. The van der Waals surface area contributed by atoms with E-state index in [1.807, 2.05) is 43.8 Å². The summed E-state index contributed by atoms with van der Waals surface area (Å²) in [6.07, 6.45) is 1.55. The maximum absolute atomic E-state index is 12.9. The zero-order valence-electron chi connectivity index (χ0n) is 16.1. The maximum atomic E-state index is 12.9. The molecule has 2 heterocycles. The molecule has 0 aromatic carbocycles. The lowest BCUT2D eigenvalue weighted by Gasteiger charge is -2.20. The second-order valence-corrected chi connectivity index (χ2v) is 7.84. The van der Waals surface area contributed by atoms with Crippen LogP contribution in [-0.4, -0.2) is 27.6 Å². The number of rotatable bonds is 8. The predicted octanol–water partition coefficient (Wildman–Crippen LogP) is 3.75. The molecule has 0 aliphatic carbocycles. The lowest BCUT2D eigenvalue weighted by atomic mass is 10.0. The molecule has 0 aliphatic rings. The molecule has 7 heteroatoms. The molecule has 2 rings (SSSR count). The lowest BCUT2D eigenvalue weighted by molar-refractivity contribution is -0.118. The van der Waals surface area contributed by atoms with Crippen molar-refractivity contribution in [2.45, 2.75) is 60.0 Å². The largest absolute Gasteiger partial charge is 0.340 e. The molecule has 2 aromatic heterocycles. The number of thiophene rings is 1. The fourth-order valence-corrected chi connectivity index (χ4v) is 3.48. The summed E-state index contributed by atoms with van der Waals surface area (Å²) in [4.78, 5) is 25.9. The number of aryl methyl sites for hydroxylation is 2. The molecule has 0 fully saturated rings. The molecular formula is C19H28N4O2S. The summed E-state index contributed by atoms with van der Waals surface area (Å²) >= 11 is 1.36. The number of carbonyl (C=O) groups excluding carboxylic acids is 2. The second-order valence-electron chi connectivity index (χ2n) is 6.89. The van der Waals surface area contributed by atoms with Crippen LogP contribution in [0, 0.1) is 19.8 Å². The summed E-state index contributed by atoms with van der Waals surface area (Å²) in [5, 5.41) is 12.2. The monoisotopic (exact) mass is 376 g/mol. The van der Waals surface area contributed by atoms with Crippen LogP contribution in [0.15, 0.2) is 17.5 Å². The second kappa shape index (κ2) is 8.98. The van der Waals surface area contributed by atoms with E-state index in [0.717, 1.165) is 30.0 Å². The fourth-order valence-electron chi connectivity index (χ4n) is 2.86. The van der Waals surface area contributed by atoms with Crippen molar-refractivity contribution in [2.75, 3.05) is 5.32 Å². The number of nitrogens with one attached hydrogen (secondary N) is 2. The molecule has 0 saturated carbocycles. The van der Waals surface area contributed by atoms with E-state index in [2.05, 4.69) is 22.7 Å². The summed E-state index contributed by atoms with van der Waals surface area (Å²) in [5.74, 6) is -0.138. The van der Waals surface area contributed by atoms with Gasteiger partial charge in [0.15, 0.2) is 0 Å². The summed E-state index contributed by atoms with van der Waals surface area (Å²) in [6.45, 7) is 10.8. The number of carbonyl (C=O) groups is 2. The Kier molecular flexibility index (Phi) is 6.97. The van der Waals surface area contributed by atoms with E-state index in [0.29, 0.717) is 11.3 Å². The molecule has 142 valence electrons. The number of aromatic nitrogens is 2. The molecule has 0 bridgehead atoms. The molecule has 0 saturated heterocycles. The maximum Gasteiger partial charge on any atom is 0.261 e. The van der Waals surface area contributed by atoms with Crippen molar-refractivity contribution < 1.29 is 9.59 Å². The minimum absolute atomic E-state index is 0.203. The van der Waals surface area contributed by atoms with E-state index >= 15 is 0 Å². The number of hydrogen-bond donors (Lipinski definition) is 2. The number of hydrogen-bond acceptors (Lipinski definition) is 4. The molecule has 2 amide bonds. The minimum atomic E-state index is -0.585. The van der Waals surface area contributed by atoms with Gasteiger partial charge in [0.1, 0.15) is 6.04 Å². The van der Waals surface area contributed by atoms with Gasteiger partial charge < -0.3 is 10.6 Å². The van der Waals surface area contributed by atoms with Crippen molar-refractivity contribution in [1.82, 2.24) is 15.1 Å². The molecule has 26 heavy (non-hydrogen) atoms. The first-order chi connectivity index (χ1) is 12.3. The fraction of sp³-hybridized carbons (Fsp3) is 0.526. The van der Waals surface area contributed by atoms with Gasteiger partial charge in [-0.3, -0.25) is 14.3 Å². The number of amides is 2. The van der Waals surface area contributed by atoms with Crippen molar-refractivity contribution >= 4 is 28.8 Å². The van der Waals surface area contributed by atoms with Crippen LogP contribution in [0.25, 0.3) is 0 Å². The van der Waals surface area contributed by atoms with Gasteiger partial charge in [-0.15, -0.1) is 11.3 Å². The zero-order valence-corrected chi connectivity index (χ0v) is 16.9. The molecule has 1 atom stereocenters. The SMILES string of the molecule is CCCn1nc(C)c(NC(=O)C(CC(C)C)NC(=O)c2cccs2)c1C. The Hall–Kier alpha value is -2.15. The summed E-state index contributed by atoms with van der Waals surface area (Å²) in [5.41, 5.74) is 2.46. The van der Waals surface area contributed by atoms with Crippen LogP contribution in [0.1, 0.15) is 54.7 Å². The Labute approximate surface area is 159 Å². The highest BCUT2D eigenvalue weighted by Crippen LogP contribution is 2.21. The van der Waals surface area contributed by atoms with Crippen LogP contribution >= 0.6 is 11.3 Å². The Balaban J connectivity index is 2.15. The highest BCUT2D eigenvalue weighted by molar-refractivity contribution is 7.12. The van der Waals surface area contributed by atoms with E-state index < -0.39 is 6.04 Å². The van der Waals surface area contributed by atoms with E-state index in [9.17, 15) is 9.59 Å². The topological polar surface area (TPSA) is 76.0 Å². The highest BCUT2D eigenvalue weighted by Gasteiger charge is 2.25. The quantitative estimate of drug-likeness (QED) is 0.736. The van der Waals surface area contributed by atoms with E-state index in [1.165, 1.54) is 11.3 Å². The Morgan fingerprint density at radius 2 is 2.04 bits per heavy atom. The van der Waals surface area contributed by atoms with Gasteiger partial charge in [-0.2, -0.15) is 5.10 Å². The minimum Gasteiger partial charge on any atom is -0.340 e. The van der Waals surface area contributed by atoms with Gasteiger partial charge in [0.25, 0.3) is 5.91 Å². The molecule has 6 nitrogen and oxygen atoms in total. The Morgan fingerprint density at radius 1 is 1.31 bits per heavy atom. The average molecular weight is 377 g/mol. The van der Waals surface area contributed by atoms with Crippen molar-refractivity contribution in [1.29, 1.82) is 0 Å². The van der Waals surface area contributed by atoms with Gasteiger partial charge in [0, 0.05) is 6.54 Å². The normalized spacial score (nSPS) is 12.2. The zero-order chi connectivity index (χ0) is 19.3. The van der Waals surface area contributed by atoms with E-state index in [1.54, 1.807) is 6.07 Å². The first-order valence-corrected chi connectivity index (χ1v) is 9.90. The molecule has 0 aliphatic heterocycles. The van der Waals surface area contributed by atoms with Crippen molar-refractivity contribution in [3.8, 4) is 0 Å². The molecule has 1 unspecified atom stereocenters. The lowest BCUT2D eigenvalue weighted by Crippen LogP contribution is -2.44. The first-order valence-electron chi connectivity index (χ1n) is 9.02. The van der Waals surface area contributed by atoms with Crippen LogP contribution in [0.2, 0.25) is 0 Å². The standard InChI is InChI=1S/C19H28N4O2S/c1-6-9-23-14(5)17(13(4)22-23)21-18(24)15(11-12(2)3)20-19(25)16-8-7-10-26-16/h7-8,10,12,15H,6,9,11H2,1-5H3,(H,20,25)(H,21,24). The van der Waals surface area contributed by atoms with Crippen molar-refractivity contribution in [2.24, 2.45) is 5.92 Å². The Morgan fingerprint density at radius 3 is 2.62 bits per heavy atom. The highest BCUT2D eigenvalue weighted by atomic mass is 32.1. The van der Waals surface area contributed by atoms with Gasteiger partial charge in [0.2, 0.25) is 5.91 Å². The van der Waals surface area contributed by atoms with Gasteiger partial charge >= 0.3 is 0 Å². The first kappa shape index (κ1) is 20.2. The third-order valence-corrected chi connectivity index (χ3v) is 5.01. The smallest absolute Gasteiger partial charge is 0.261 e. The van der Waals surface area contributed by atoms with Crippen molar-refractivity contribution in [3.63, 3.8) is 0 Å². The molecule has 0 spiro atoms. The van der Waals surface area contributed by atoms with Crippen LogP contribution in [-0.2, 0) is 11.3 Å². The van der Waals surface area contributed by atoms with Gasteiger partial charge in [-0.05, 0) is 44.1 Å². The average Bonchev–Trinajstić information content (AvgIpc) is 3.19. The molecule has 2 aromatic rings. The van der Waals surface area contributed by atoms with E-state index in [-0.39, 0.29) is 17.7 Å². The van der Waals surface area contributed by atoms with Gasteiger partial charge in [-0.1, -0.05) is 26.8 Å². The van der Waals surface area contributed by atoms with Crippen molar-refractivity contribution in [3.05, 3.63) is 33.8 Å². The Bertz CT molecular complexity index is 750. The third kappa shape index (κ3) is 4.94. The molecular weight excluding hydrogens is 348 g/mol. The van der Waals surface area contributed by atoms with Gasteiger partial charge in [0.05, 0.1) is 22.0 Å². The predicted molar refractivity (Wildman–Crippen MR) is 106 cm³/mol. The number of anilines is 1. The summed E-state index contributed by atoms with van der Waals surface area (Å²) in [6, 6.07) is 3.00. The third-order valence-electron chi connectivity index (χ3n) is 4.14. The van der Waals surface area contributed by atoms with Gasteiger partial charge in [-0.25, -0.2) is 0 Å². The van der Waals surface area contributed by atoms with Crippen LogP contribution in [0.5, 0.6) is 0 Å². The van der Waals surface area contributed by atoms with E-state index in [4.69, 9.17) is 0 Å². The molecule has 0 radical (unpaired) electrons. The van der Waals surface area contributed by atoms with Crippen LogP contribution in [0.4, 0.5) is 5.69 Å².